The molecule has 0 fully saturated rings. The molecular weight excluding hydrogens is 431 g/mol. The predicted octanol–water partition coefficient (Wildman–Crippen LogP) is 5.16. The molecule has 0 heterocycles. The summed E-state index contributed by atoms with van der Waals surface area (Å²) >= 11 is 0. The third-order valence-electron chi connectivity index (χ3n) is 4.39. The van der Waals surface area contributed by atoms with Gasteiger partial charge < -0.3 is 9.29 Å². The number of hydrogen-bond acceptors (Lipinski definition) is 4. The highest BCUT2D eigenvalue weighted by Crippen LogP contribution is 2.42. The Kier molecular flexibility index (Phi) is 6.65. The molecule has 0 aliphatic rings. The molecular formula is C20H20F5O4S-. The fourth-order valence-electron chi connectivity index (χ4n) is 2.75. The lowest BCUT2D eigenvalue weighted by molar-refractivity contribution is -0.273. The van der Waals surface area contributed by atoms with E-state index in [9.17, 15) is 34.9 Å². The van der Waals surface area contributed by atoms with Crippen molar-refractivity contribution < 1.29 is 39.7 Å². The van der Waals surface area contributed by atoms with Crippen molar-refractivity contribution >= 4 is 10.1 Å². The van der Waals surface area contributed by atoms with Gasteiger partial charge in [-0.25, -0.2) is 8.42 Å². The summed E-state index contributed by atoms with van der Waals surface area (Å²) < 4.78 is 105. The zero-order valence-corrected chi connectivity index (χ0v) is 17.1. The normalized spacial score (nSPS) is 15.6. The third-order valence-corrected chi connectivity index (χ3v) is 5.27. The Hall–Kier alpha value is -2.04. The molecule has 2 unspecified atom stereocenters. The van der Waals surface area contributed by atoms with Gasteiger partial charge in [0.05, 0.1) is 0 Å². The minimum absolute atomic E-state index is 0.0781. The smallest absolute Gasteiger partial charge is 0.421 e. The van der Waals surface area contributed by atoms with Crippen LogP contribution in [0.15, 0.2) is 54.6 Å². The number of alkyl halides is 5. The Morgan fingerprint density at radius 1 is 0.833 bits per heavy atom. The van der Waals surface area contributed by atoms with Crippen molar-refractivity contribution in [3.8, 4) is 0 Å². The predicted molar refractivity (Wildman–Crippen MR) is 99.0 cm³/mol. The van der Waals surface area contributed by atoms with Crippen LogP contribution in [0.1, 0.15) is 43.6 Å². The van der Waals surface area contributed by atoms with Gasteiger partial charge in [0.2, 0.25) is 6.10 Å². The summed E-state index contributed by atoms with van der Waals surface area (Å²) in [7, 11) is -6.65. The van der Waals surface area contributed by atoms with Gasteiger partial charge in [0.1, 0.15) is 6.10 Å². The number of hydrogen-bond donors (Lipinski definition) is 0. The average molecular weight is 451 g/mol. The van der Waals surface area contributed by atoms with Crippen molar-refractivity contribution in [1.29, 1.82) is 0 Å². The van der Waals surface area contributed by atoms with Crippen molar-refractivity contribution in [2.24, 2.45) is 0 Å². The first kappa shape index (κ1) is 24.2. The molecule has 0 saturated heterocycles. The van der Waals surface area contributed by atoms with E-state index in [2.05, 4.69) is 4.74 Å². The molecule has 0 bridgehead atoms. The van der Waals surface area contributed by atoms with E-state index in [1.54, 1.807) is 18.2 Å². The van der Waals surface area contributed by atoms with E-state index in [1.165, 1.54) is 36.4 Å². The highest BCUT2D eigenvalue weighted by atomic mass is 32.2. The Morgan fingerprint density at radius 3 is 1.70 bits per heavy atom. The van der Waals surface area contributed by atoms with Crippen molar-refractivity contribution in [1.82, 2.24) is 0 Å². The summed E-state index contributed by atoms with van der Waals surface area (Å²) in [6.45, 7) is 5.73. The van der Waals surface area contributed by atoms with Crippen LogP contribution in [0.4, 0.5) is 22.0 Å². The topological polar surface area (TPSA) is 66.4 Å². The van der Waals surface area contributed by atoms with Crippen LogP contribution in [0.3, 0.4) is 0 Å². The summed E-state index contributed by atoms with van der Waals surface area (Å²) in [5.74, 6) is 0. The summed E-state index contributed by atoms with van der Waals surface area (Å²) in [6, 6.07) is 13.2. The first-order valence-corrected chi connectivity index (χ1v) is 10.2. The summed E-state index contributed by atoms with van der Waals surface area (Å²) in [4.78, 5) is 0. The SMILES string of the molecule is CC(C)(C)c1ccc(C(OC(C(F)(F)F)C(F)(F)S(=O)(=O)[O-])c2ccccc2)cc1. The average Bonchev–Trinajstić information content (AvgIpc) is 2.60. The van der Waals surface area contributed by atoms with Crippen LogP contribution in [0.2, 0.25) is 0 Å². The summed E-state index contributed by atoms with van der Waals surface area (Å²) in [6.07, 6.45) is -11.7. The first-order valence-electron chi connectivity index (χ1n) is 8.76. The van der Waals surface area contributed by atoms with E-state index >= 15 is 0 Å². The second-order valence-electron chi connectivity index (χ2n) is 7.74. The molecule has 4 nitrogen and oxygen atoms in total. The molecule has 0 N–H and O–H groups in total. The second kappa shape index (κ2) is 8.24. The Bertz CT molecular complexity index is 949. The Morgan fingerprint density at radius 2 is 1.30 bits per heavy atom. The van der Waals surface area contributed by atoms with Gasteiger partial charge in [-0.3, -0.25) is 0 Å². The van der Waals surface area contributed by atoms with Gasteiger partial charge in [-0.05, 0) is 22.1 Å². The van der Waals surface area contributed by atoms with Crippen LogP contribution in [0.25, 0.3) is 0 Å². The van der Waals surface area contributed by atoms with E-state index in [0.29, 0.717) is 0 Å². The maximum atomic E-state index is 14.0. The van der Waals surface area contributed by atoms with Crippen molar-refractivity contribution in [2.45, 2.75) is 49.8 Å². The lowest BCUT2D eigenvalue weighted by atomic mass is 9.86. The number of rotatable bonds is 6. The highest BCUT2D eigenvalue weighted by molar-refractivity contribution is 7.86. The number of halogens is 5. The monoisotopic (exact) mass is 451 g/mol. The van der Waals surface area contributed by atoms with Gasteiger partial charge >= 0.3 is 11.4 Å². The maximum Gasteiger partial charge on any atom is 0.421 e. The zero-order valence-electron chi connectivity index (χ0n) is 16.3. The van der Waals surface area contributed by atoms with E-state index in [-0.39, 0.29) is 16.5 Å². The fraction of sp³-hybridized carbons (Fsp3) is 0.400. The molecule has 0 spiro atoms. The second-order valence-corrected chi connectivity index (χ2v) is 9.19. The molecule has 0 aromatic heterocycles. The van der Waals surface area contributed by atoms with Gasteiger partial charge in [-0.15, -0.1) is 0 Å². The van der Waals surface area contributed by atoms with Crippen LogP contribution in [-0.4, -0.2) is 30.5 Å². The van der Waals surface area contributed by atoms with E-state index < -0.39 is 33.8 Å². The number of benzene rings is 2. The number of ether oxygens (including phenoxy) is 1. The maximum absolute atomic E-state index is 14.0. The van der Waals surface area contributed by atoms with Crippen molar-refractivity contribution in [3.63, 3.8) is 0 Å². The molecule has 2 atom stereocenters. The molecule has 166 valence electrons. The van der Waals surface area contributed by atoms with E-state index in [1.807, 2.05) is 20.8 Å². The van der Waals surface area contributed by atoms with Crippen LogP contribution in [0, 0.1) is 0 Å². The van der Waals surface area contributed by atoms with Gasteiger partial charge in [-0.1, -0.05) is 75.4 Å². The highest BCUT2D eigenvalue weighted by Gasteiger charge is 2.62. The van der Waals surface area contributed by atoms with Gasteiger partial charge in [0.25, 0.3) is 0 Å². The molecule has 0 radical (unpaired) electrons. The molecule has 10 heteroatoms. The van der Waals surface area contributed by atoms with Crippen molar-refractivity contribution in [3.05, 3.63) is 71.3 Å². The lowest BCUT2D eigenvalue weighted by Gasteiger charge is -2.33. The molecule has 0 amide bonds. The molecule has 0 aliphatic carbocycles. The first-order chi connectivity index (χ1) is 13.5. The largest absolute Gasteiger partial charge is 0.743 e. The van der Waals surface area contributed by atoms with Gasteiger partial charge in [0.15, 0.2) is 10.1 Å². The molecule has 0 aliphatic heterocycles. The molecule has 2 rings (SSSR count). The minimum Gasteiger partial charge on any atom is -0.743 e. The van der Waals surface area contributed by atoms with Gasteiger partial charge in [-0.2, -0.15) is 22.0 Å². The van der Waals surface area contributed by atoms with Crippen LogP contribution in [-0.2, 0) is 20.3 Å². The Labute approximate surface area is 171 Å². The van der Waals surface area contributed by atoms with E-state index in [0.717, 1.165) is 5.56 Å². The van der Waals surface area contributed by atoms with Crippen LogP contribution < -0.4 is 0 Å². The van der Waals surface area contributed by atoms with E-state index in [4.69, 9.17) is 0 Å². The van der Waals surface area contributed by atoms with Crippen LogP contribution in [0.5, 0.6) is 0 Å². The fourth-order valence-corrected chi connectivity index (χ4v) is 3.20. The lowest BCUT2D eigenvalue weighted by Crippen LogP contribution is -2.51. The van der Waals surface area contributed by atoms with Gasteiger partial charge in [0, 0.05) is 0 Å². The minimum atomic E-state index is -6.65. The molecule has 2 aromatic rings. The zero-order chi connectivity index (χ0) is 23.0. The summed E-state index contributed by atoms with van der Waals surface area (Å²) in [5, 5.41) is -5.72. The summed E-state index contributed by atoms with van der Waals surface area (Å²) in [5.41, 5.74) is 0.717. The Balaban J connectivity index is 2.57. The standard InChI is InChI=1S/C20H21F5O4S/c1-18(2,3)15-11-9-14(10-12-15)16(13-7-5-4-6-8-13)29-17(19(21,22)23)20(24,25)30(26,27)28/h4-12,16-17H,1-3H3,(H,26,27,28)/p-1. The van der Waals surface area contributed by atoms with Crippen LogP contribution >= 0.6 is 0 Å². The van der Waals surface area contributed by atoms with Crippen molar-refractivity contribution in [2.75, 3.05) is 0 Å². The molecule has 2 aromatic carbocycles. The molecule has 30 heavy (non-hydrogen) atoms. The quantitative estimate of drug-likeness (QED) is 0.450. The molecule has 0 saturated carbocycles. The third kappa shape index (κ3) is 5.35.